The van der Waals surface area contributed by atoms with Crippen LogP contribution in [-0.4, -0.2) is 41.6 Å². The number of rotatable bonds is 3. The predicted octanol–water partition coefficient (Wildman–Crippen LogP) is 1.39. The number of nitrogens with one attached hydrogen (secondary N) is 1. The quantitative estimate of drug-likeness (QED) is 0.876. The molecule has 2 aliphatic rings. The van der Waals surface area contributed by atoms with E-state index in [4.69, 9.17) is 0 Å². The van der Waals surface area contributed by atoms with Gasteiger partial charge in [-0.05, 0) is 36.0 Å². The van der Waals surface area contributed by atoms with Gasteiger partial charge in [-0.25, -0.2) is 0 Å². The zero-order valence-corrected chi connectivity index (χ0v) is 11.9. The van der Waals surface area contributed by atoms with Crippen LogP contribution in [0, 0.1) is 11.8 Å². The summed E-state index contributed by atoms with van der Waals surface area (Å²) in [5.41, 5.74) is 0.889. The molecule has 0 radical (unpaired) electrons. The van der Waals surface area contributed by atoms with E-state index in [1.807, 2.05) is 6.07 Å². The molecule has 2 N–H and O–H groups in total. The van der Waals surface area contributed by atoms with Crippen LogP contribution in [-0.2, 0) is 11.2 Å². The van der Waals surface area contributed by atoms with Gasteiger partial charge in [-0.2, -0.15) is 0 Å². The van der Waals surface area contributed by atoms with Crippen molar-refractivity contribution >= 4 is 5.91 Å². The van der Waals surface area contributed by atoms with E-state index in [0.717, 1.165) is 31.6 Å². The lowest BCUT2D eigenvalue weighted by molar-refractivity contribution is -0.131. The highest BCUT2D eigenvalue weighted by Crippen LogP contribution is 2.34. The van der Waals surface area contributed by atoms with E-state index in [1.165, 1.54) is 0 Å². The fourth-order valence-corrected chi connectivity index (χ4v) is 3.78. The Bertz CT molecular complexity index is 503. The van der Waals surface area contributed by atoms with Crippen molar-refractivity contribution in [2.45, 2.75) is 25.8 Å². The Morgan fingerprint density at radius 1 is 1.45 bits per heavy atom. The second-order valence-corrected chi connectivity index (χ2v) is 5.95. The molecule has 2 heterocycles. The summed E-state index contributed by atoms with van der Waals surface area (Å²) in [6, 6.07) is 7.38. The van der Waals surface area contributed by atoms with Gasteiger partial charge in [0.2, 0.25) is 5.91 Å². The van der Waals surface area contributed by atoms with Gasteiger partial charge in [0.15, 0.2) is 0 Å². The molecule has 0 spiro atoms. The van der Waals surface area contributed by atoms with Gasteiger partial charge in [0.05, 0.1) is 6.42 Å². The van der Waals surface area contributed by atoms with Gasteiger partial charge in [0.1, 0.15) is 5.75 Å². The van der Waals surface area contributed by atoms with Crippen molar-refractivity contribution in [1.82, 2.24) is 10.2 Å². The van der Waals surface area contributed by atoms with Crippen LogP contribution < -0.4 is 5.32 Å². The lowest BCUT2D eigenvalue weighted by Crippen LogP contribution is -2.40. The highest BCUT2D eigenvalue weighted by molar-refractivity contribution is 5.79. The van der Waals surface area contributed by atoms with E-state index in [1.54, 1.807) is 18.2 Å². The molecule has 3 atom stereocenters. The molecule has 0 bridgehead atoms. The van der Waals surface area contributed by atoms with Crippen molar-refractivity contribution in [2.75, 3.05) is 19.6 Å². The SMILES string of the molecule is CCC1C2CNCC2CN1C(=O)Cc1cccc(O)c1. The largest absolute Gasteiger partial charge is 0.508 e. The highest BCUT2D eigenvalue weighted by Gasteiger charge is 2.44. The summed E-state index contributed by atoms with van der Waals surface area (Å²) >= 11 is 0. The minimum absolute atomic E-state index is 0.192. The highest BCUT2D eigenvalue weighted by atomic mass is 16.3. The molecular weight excluding hydrogens is 252 g/mol. The van der Waals surface area contributed by atoms with E-state index in [-0.39, 0.29) is 11.7 Å². The Balaban J connectivity index is 1.71. The second-order valence-electron chi connectivity index (χ2n) is 5.95. The summed E-state index contributed by atoms with van der Waals surface area (Å²) in [6.45, 7) is 5.13. The molecular formula is C16H22N2O2. The maximum absolute atomic E-state index is 12.6. The molecule has 0 aromatic heterocycles. The first kappa shape index (κ1) is 13.4. The number of aromatic hydroxyl groups is 1. The average Bonchev–Trinajstić information content (AvgIpc) is 2.98. The maximum atomic E-state index is 12.6. The van der Waals surface area contributed by atoms with Crippen LogP contribution in [0.2, 0.25) is 0 Å². The molecule has 0 saturated carbocycles. The Morgan fingerprint density at radius 3 is 3.05 bits per heavy atom. The standard InChI is InChI=1S/C16H22N2O2/c1-2-15-14-9-17-8-12(14)10-18(15)16(20)7-11-4-3-5-13(19)6-11/h3-6,12,14-15,17,19H,2,7-10H2,1H3. The van der Waals surface area contributed by atoms with Gasteiger partial charge in [-0.15, -0.1) is 0 Å². The van der Waals surface area contributed by atoms with Gasteiger partial charge in [-0.1, -0.05) is 19.1 Å². The van der Waals surface area contributed by atoms with Gasteiger partial charge >= 0.3 is 0 Å². The molecule has 1 amide bonds. The Kier molecular flexibility index (Phi) is 3.66. The molecule has 3 unspecified atom stereocenters. The number of amides is 1. The molecule has 108 valence electrons. The number of fused-ring (bicyclic) bond motifs is 1. The van der Waals surface area contributed by atoms with Crippen molar-refractivity contribution < 1.29 is 9.90 Å². The van der Waals surface area contributed by atoms with Crippen LogP contribution in [0.25, 0.3) is 0 Å². The Labute approximate surface area is 119 Å². The molecule has 1 aromatic rings. The number of nitrogens with zero attached hydrogens (tertiary/aromatic N) is 1. The summed E-state index contributed by atoms with van der Waals surface area (Å²) in [5, 5.41) is 12.9. The monoisotopic (exact) mass is 274 g/mol. The molecule has 2 saturated heterocycles. The second kappa shape index (κ2) is 5.44. The first-order valence-corrected chi connectivity index (χ1v) is 7.47. The summed E-state index contributed by atoms with van der Waals surface area (Å²) in [6.07, 6.45) is 1.41. The van der Waals surface area contributed by atoms with Crippen molar-refractivity contribution in [3.05, 3.63) is 29.8 Å². The minimum Gasteiger partial charge on any atom is -0.508 e. The lowest BCUT2D eigenvalue weighted by atomic mass is 9.93. The molecule has 1 aromatic carbocycles. The van der Waals surface area contributed by atoms with E-state index in [0.29, 0.717) is 24.3 Å². The van der Waals surface area contributed by atoms with Crippen molar-refractivity contribution in [3.63, 3.8) is 0 Å². The van der Waals surface area contributed by atoms with E-state index < -0.39 is 0 Å². The zero-order valence-electron chi connectivity index (χ0n) is 11.9. The number of phenolic OH excluding ortho intramolecular Hbond substituents is 1. The normalized spacial score (nSPS) is 28.6. The van der Waals surface area contributed by atoms with Crippen molar-refractivity contribution in [1.29, 1.82) is 0 Å². The van der Waals surface area contributed by atoms with Crippen LogP contribution >= 0.6 is 0 Å². The first-order chi connectivity index (χ1) is 9.69. The van der Waals surface area contributed by atoms with Crippen LogP contribution in [0.15, 0.2) is 24.3 Å². The topological polar surface area (TPSA) is 52.6 Å². The number of likely N-dealkylation sites (tertiary alicyclic amines) is 1. The summed E-state index contributed by atoms with van der Waals surface area (Å²) in [4.78, 5) is 14.6. The van der Waals surface area contributed by atoms with Gasteiger partial charge in [0, 0.05) is 25.7 Å². The number of hydrogen-bond acceptors (Lipinski definition) is 3. The zero-order chi connectivity index (χ0) is 14.1. The van der Waals surface area contributed by atoms with Crippen LogP contribution in [0.3, 0.4) is 0 Å². The third-order valence-electron chi connectivity index (χ3n) is 4.72. The van der Waals surface area contributed by atoms with Gasteiger partial charge < -0.3 is 15.3 Å². The number of hydrogen-bond donors (Lipinski definition) is 2. The smallest absolute Gasteiger partial charge is 0.227 e. The van der Waals surface area contributed by atoms with Gasteiger partial charge in [-0.3, -0.25) is 4.79 Å². The lowest BCUT2D eigenvalue weighted by Gasteiger charge is -2.27. The van der Waals surface area contributed by atoms with E-state index in [2.05, 4.69) is 17.1 Å². The molecule has 0 aliphatic carbocycles. The fourth-order valence-electron chi connectivity index (χ4n) is 3.78. The Hall–Kier alpha value is -1.55. The average molecular weight is 274 g/mol. The number of phenols is 1. The number of benzene rings is 1. The third kappa shape index (κ3) is 2.40. The van der Waals surface area contributed by atoms with E-state index >= 15 is 0 Å². The predicted molar refractivity (Wildman–Crippen MR) is 77.5 cm³/mol. The molecule has 4 nitrogen and oxygen atoms in total. The molecule has 4 heteroatoms. The fraction of sp³-hybridized carbons (Fsp3) is 0.562. The third-order valence-corrected chi connectivity index (χ3v) is 4.72. The molecule has 3 rings (SSSR count). The van der Waals surface area contributed by atoms with E-state index in [9.17, 15) is 9.90 Å². The molecule has 20 heavy (non-hydrogen) atoms. The van der Waals surface area contributed by atoms with Gasteiger partial charge in [0.25, 0.3) is 0 Å². The number of carbonyl (C=O) groups is 1. The number of carbonyl (C=O) groups excluding carboxylic acids is 1. The molecule has 2 fully saturated rings. The summed E-state index contributed by atoms with van der Waals surface area (Å²) in [5.74, 6) is 1.66. The first-order valence-electron chi connectivity index (χ1n) is 7.47. The summed E-state index contributed by atoms with van der Waals surface area (Å²) < 4.78 is 0. The summed E-state index contributed by atoms with van der Waals surface area (Å²) in [7, 11) is 0. The van der Waals surface area contributed by atoms with Crippen LogP contribution in [0.4, 0.5) is 0 Å². The van der Waals surface area contributed by atoms with Crippen molar-refractivity contribution in [3.8, 4) is 5.75 Å². The van der Waals surface area contributed by atoms with Crippen molar-refractivity contribution in [2.24, 2.45) is 11.8 Å². The Morgan fingerprint density at radius 2 is 2.30 bits per heavy atom. The maximum Gasteiger partial charge on any atom is 0.227 e. The minimum atomic E-state index is 0.192. The molecule has 2 aliphatic heterocycles. The van der Waals surface area contributed by atoms with Crippen LogP contribution in [0.1, 0.15) is 18.9 Å². The van der Waals surface area contributed by atoms with Crippen LogP contribution in [0.5, 0.6) is 5.75 Å².